The van der Waals surface area contributed by atoms with Crippen molar-refractivity contribution < 1.29 is 4.79 Å². The summed E-state index contributed by atoms with van der Waals surface area (Å²) >= 11 is 1.62. The van der Waals surface area contributed by atoms with E-state index >= 15 is 0 Å². The van der Waals surface area contributed by atoms with Crippen LogP contribution in [-0.2, 0) is 19.3 Å². The Kier molecular flexibility index (Phi) is 4.08. The third-order valence-corrected chi connectivity index (χ3v) is 5.45. The lowest BCUT2D eigenvalue weighted by Gasteiger charge is -2.13. The molecule has 2 N–H and O–H groups in total. The van der Waals surface area contributed by atoms with E-state index in [0.29, 0.717) is 6.54 Å². The lowest BCUT2D eigenvalue weighted by Crippen LogP contribution is -2.27. The minimum Gasteiger partial charge on any atom is -0.352 e. The highest BCUT2D eigenvalue weighted by Crippen LogP contribution is 2.36. The number of rotatable bonds is 5. The van der Waals surface area contributed by atoms with E-state index < -0.39 is 0 Å². The van der Waals surface area contributed by atoms with Crippen molar-refractivity contribution in [2.24, 2.45) is 0 Å². The summed E-state index contributed by atoms with van der Waals surface area (Å²) in [6, 6.07) is 0. The summed E-state index contributed by atoms with van der Waals surface area (Å²) in [5.41, 5.74) is 2.89. The van der Waals surface area contributed by atoms with Gasteiger partial charge < -0.3 is 10.3 Å². The molecule has 0 aliphatic heterocycles. The highest BCUT2D eigenvalue weighted by atomic mass is 32.1. The Hall–Kier alpha value is -2.55. The number of hydrogen-bond donors (Lipinski definition) is 2. The minimum absolute atomic E-state index is 0.0561. The Morgan fingerprint density at radius 2 is 2.29 bits per heavy atom. The number of tetrazole rings is 1. The van der Waals surface area contributed by atoms with Crippen LogP contribution in [0.4, 0.5) is 0 Å². The summed E-state index contributed by atoms with van der Waals surface area (Å²) < 4.78 is 1.59. The van der Waals surface area contributed by atoms with Crippen LogP contribution in [0.25, 0.3) is 5.00 Å². The molecule has 0 fully saturated rings. The lowest BCUT2D eigenvalue weighted by atomic mass is 9.95. The highest BCUT2D eigenvalue weighted by Gasteiger charge is 2.26. The van der Waals surface area contributed by atoms with Crippen LogP contribution in [0, 0.1) is 0 Å². The van der Waals surface area contributed by atoms with E-state index in [1.807, 2.05) is 0 Å². The number of aryl methyl sites for hydroxylation is 1. The van der Waals surface area contributed by atoms with Gasteiger partial charge in [0.1, 0.15) is 11.3 Å². The lowest BCUT2D eigenvalue weighted by molar-refractivity contribution is 0.0953. The average molecular weight is 343 g/mol. The van der Waals surface area contributed by atoms with Crippen molar-refractivity contribution >= 4 is 17.2 Å². The molecule has 0 saturated heterocycles. The molecule has 3 heterocycles. The molecule has 0 bridgehead atoms. The predicted molar refractivity (Wildman–Crippen MR) is 88.3 cm³/mol. The maximum Gasteiger partial charge on any atom is 0.254 e. The number of thiophene rings is 1. The van der Waals surface area contributed by atoms with Crippen LogP contribution in [0.15, 0.2) is 18.9 Å². The van der Waals surface area contributed by atoms with Gasteiger partial charge in [-0.2, -0.15) is 4.68 Å². The van der Waals surface area contributed by atoms with Gasteiger partial charge in [0.15, 0.2) is 0 Å². The van der Waals surface area contributed by atoms with E-state index in [4.69, 9.17) is 0 Å². The first kappa shape index (κ1) is 15.0. The van der Waals surface area contributed by atoms with Gasteiger partial charge in [-0.25, -0.2) is 4.98 Å². The Bertz CT molecular complexity index is 823. The molecule has 3 aromatic heterocycles. The SMILES string of the molecule is O=C(NCCc1cnc[nH]1)c1c(-n2cnnn2)sc2c1CCCC2. The number of aromatic nitrogens is 6. The number of nitrogens with one attached hydrogen (secondary N) is 2. The van der Waals surface area contributed by atoms with Gasteiger partial charge in [0, 0.05) is 29.7 Å². The molecule has 0 unspecified atom stereocenters. The molecule has 4 rings (SSSR count). The maximum absolute atomic E-state index is 12.8. The summed E-state index contributed by atoms with van der Waals surface area (Å²) in [6.45, 7) is 0.556. The second kappa shape index (κ2) is 6.52. The molecule has 24 heavy (non-hydrogen) atoms. The fourth-order valence-corrected chi connectivity index (χ4v) is 4.32. The number of carbonyl (C=O) groups is 1. The average Bonchev–Trinajstić information content (AvgIpc) is 3.34. The second-order valence-corrected chi connectivity index (χ2v) is 6.81. The van der Waals surface area contributed by atoms with Gasteiger partial charge in [-0.15, -0.1) is 16.4 Å². The Morgan fingerprint density at radius 1 is 1.38 bits per heavy atom. The summed E-state index contributed by atoms with van der Waals surface area (Å²) in [7, 11) is 0. The van der Waals surface area contributed by atoms with Crippen LogP contribution in [0.1, 0.15) is 39.3 Å². The normalized spacial score (nSPS) is 13.7. The highest BCUT2D eigenvalue weighted by molar-refractivity contribution is 7.15. The maximum atomic E-state index is 12.8. The topological polar surface area (TPSA) is 101 Å². The van der Waals surface area contributed by atoms with Gasteiger partial charge >= 0.3 is 0 Å². The van der Waals surface area contributed by atoms with Crippen molar-refractivity contribution in [1.82, 2.24) is 35.5 Å². The molecule has 9 heteroatoms. The molecule has 0 radical (unpaired) electrons. The van der Waals surface area contributed by atoms with Crippen LogP contribution in [-0.4, -0.2) is 42.6 Å². The summed E-state index contributed by atoms with van der Waals surface area (Å²) in [6.07, 6.45) is 9.93. The molecule has 8 nitrogen and oxygen atoms in total. The van der Waals surface area contributed by atoms with E-state index in [0.717, 1.165) is 47.5 Å². The first-order valence-corrected chi connectivity index (χ1v) is 8.78. The number of amides is 1. The van der Waals surface area contributed by atoms with Crippen LogP contribution in [0.2, 0.25) is 0 Å². The van der Waals surface area contributed by atoms with E-state index in [2.05, 4.69) is 30.8 Å². The molecular formula is C15H17N7OS. The second-order valence-electron chi connectivity index (χ2n) is 5.73. The molecule has 3 aromatic rings. The molecule has 1 aliphatic carbocycles. The minimum atomic E-state index is -0.0561. The largest absolute Gasteiger partial charge is 0.352 e. The van der Waals surface area contributed by atoms with Gasteiger partial charge in [0.2, 0.25) is 0 Å². The van der Waals surface area contributed by atoms with Gasteiger partial charge in [-0.3, -0.25) is 4.79 Å². The van der Waals surface area contributed by atoms with Crippen molar-refractivity contribution in [3.8, 4) is 5.00 Å². The van der Waals surface area contributed by atoms with Crippen molar-refractivity contribution in [2.45, 2.75) is 32.1 Å². The third-order valence-electron chi connectivity index (χ3n) is 4.17. The molecule has 1 amide bonds. The Labute approximate surface area is 142 Å². The van der Waals surface area contributed by atoms with Crippen LogP contribution in [0.5, 0.6) is 0 Å². The van der Waals surface area contributed by atoms with Crippen LogP contribution >= 0.6 is 11.3 Å². The zero-order chi connectivity index (χ0) is 16.4. The number of nitrogens with zero attached hydrogens (tertiary/aromatic N) is 5. The Morgan fingerprint density at radius 3 is 3.08 bits per heavy atom. The van der Waals surface area contributed by atoms with Crippen LogP contribution in [0.3, 0.4) is 0 Å². The van der Waals surface area contributed by atoms with E-state index in [-0.39, 0.29) is 5.91 Å². The predicted octanol–water partition coefficient (Wildman–Crippen LogP) is 1.30. The van der Waals surface area contributed by atoms with E-state index in [1.54, 1.807) is 34.9 Å². The van der Waals surface area contributed by atoms with Gasteiger partial charge in [-0.1, -0.05) is 0 Å². The summed E-state index contributed by atoms with van der Waals surface area (Å²) in [5.74, 6) is -0.0561. The Balaban J connectivity index is 1.58. The monoisotopic (exact) mass is 343 g/mol. The molecule has 0 aromatic carbocycles. The molecule has 0 spiro atoms. The fourth-order valence-electron chi connectivity index (χ4n) is 3.02. The quantitative estimate of drug-likeness (QED) is 0.727. The van der Waals surface area contributed by atoms with Crippen molar-refractivity contribution in [3.63, 3.8) is 0 Å². The third kappa shape index (κ3) is 2.82. The summed E-state index contributed by atoms with van der Waals surface area (Å²) in [4.78, 5) is 21.1. The number of H-pyrrole nitrogens is 1. The number of aromatic amines is 1. The van der Waals surface area contributed by atoms with Crippen LogP contribution < -0.4 is 5.32 Å². The molecule has 124 valence electrons. The molecule has 0 saturated carbocycles. The number of carbonyl (C=O) groups excluding carboxylic acids is 1. The number of fused-ring (bicyclic) bond motifs is 1. The number of imidazole rings is 1. The summed E-state index contributed by atoms with van der Waals surface area (Å²) in [5, 5.41) is 15.2. The first-order chi connectivity index (χ1) is 11.8. The standard InChI is InChI=1S/C15H17N7OS/c23-14(17-6-5-10-7-16-8-18-10)13-11-3-1-2-4-12(11)24-15(13)22-9-19-20-21-22/h7-9H,1-6H2,(H,16,18)(H,17,23). The zero-order valence-electron chi connectivity index (χ0n) is 13.0. The van der Waals surface area contributed by atoms with E-state index in [1.165, 1.54) is 11.3 Å². The first-order valence-electron chi connectivity index (χ1n) is 7.96. The van der Waals surface area contributed by atoms with E-state index in [9.17, 15) is 4.79 Å². The smallest absolute Gasteiger partial charge is 0.254 e. The molecule has 0 atom stereocenters. The van der Waals surface area contributed by atoms with Crippen molar-refractivity contribution in [3.05, 3.63) is 40.5 Å². The van der Waals surface area contributed by atoms with Gasteiger partial charge in [0.05, 0.1) is 11.9 Å². The van der Waals surface area contributed by atoms with Crippen molar-refractivity contribution in [2.75, 3.05) is 6.54 Å². The van der Waals surface area contributed by atoms with Gasteiger partial charge in [-0.05, 0) is 41.7 Å². The molecular weight excluding hydrogens is 326 g/mol. The molecule has 1 aliphatic rings. The van der Waals surface area contributed by atoms with Gasteiger partial charge in [0.25, 0.3) is 5.91 Å². The number of hydrogen-bond acceptors (Lipinski definition) is 6. The van der Waals surface area contributed by atoms with Crippen molar-refractivity contribution in [1.29, 1.82) is 0 Å². The fraction of sp³-hybridized carbons (Fsp3) is 0.400. The zero-order valence-corrected chi connectivity index (χ0v) is 13.8.